The first-order chi connectivity index (χ1) is 12.6. The summed E-state index contributed by atoms with van der Waals surface area (Å²) in [5.41, 5.74) is 1.77. The number of halogens is 2. The van der Waals surface area contributed by atoms with Crippen LogP contribution in [0.2, 0.25) is 0 Å². The summed E-state index contributed by atoms with van der Waals surface area (Å²) in [4.78, 5) is 4.12. The molecule has 0 aromatic heterocycles. The highest BCUT2D eigenvalue weighted by Gasteiger charge is 2.09. The molecule has 0 bridgehead atoms. The standard InChI is InChI=1S/C19H23F2N3O2/c1-22-19(23-12-4-5-14-8-10-16(25)11-9-14)24-13-15-6-2-3-7-17(15)26-18(20)21/h2-3,6-11,18,25H,4-5,12-13H2,1H3,(H2,22,23,24). The van der Waals surface area contributed by atoms with Gasteiger partial charge >= 0.3 is 6.61 Å². The Morgan fingerprint density at radius 2 is 1.85 bits per heavy atom. The molecule has 5 nitrogen and oxygen atoms in total. The van der Waals surface area contributed by atoms with Gasteiger partial charge in [-0.1, -0.05) is 30.3 Å². The molecule has 0 saturated heterocycles. The van der Waals surface area contributed by atoms with E-state index in [1.54, 1.807) is 37.4 Å². The zero-order valence-electron chi connectivity index (χ0n) is 14.6. The number of rotatable bonds is 8. The van der Waals surface area contributed by atoms with Crippen LogP contribution >= 0.6 is 0 Å². The van der Waals surface area contributed by atoms with Crippen molar-refractivity contribution >= 4 is 5.96 Å². The maximum Gasteiger partial charge on any atom is 0.387 e. The van der Waals surface area contributed by atoms with Gasteiger partial charge in [-0.25, -0.2) is 0 Å². The molecule has 0 aliphatic heterocycles. The van der Waals surface area contributed by atoms with Crippen LogP contribution in [0.5, 0.6) is 11.5 Å². The summed E-state index contributed by atoms with van der Waals surface area (Å²) in [5.74, 6) is 0.993. The smallest absolute Gasteiger partial charge is 0.387 e. The van der Waals surface area contributed by atoms with Crippen LogP contribution in [-0.2, 0) is 13.0 Å². The Balaban J connectivity index is 1.77. The van der Waals surface area contributed by atoms with Crippen LogP contribution in [0.15, 0.2) is 53.5 Å². The van der Waals surface area contributed by atoms with E-state index in [2.05, 4.69) is 20.4 Å². The first kappa shape index (κ1) is 19.5. The van der Waals surface area contributed by atoms with Gasteiger partial charge in [0.05, 0.1) is 0 Å². The van der Waals surface area contributed by atoms with E-state index in [-0.39, 0.29) is 11.5 Å². The Kier molecular flexibility index (Phi) is 7.67. The lowest BCUT2D eigenvalue weighted by atomic mass is 10.1. The summed E-state index contributed by atoms with van der Waals surface area (Å²) in [6.07, 6.45) is 1.76. The van der Waals surface area contributed by atoms with Crippen LogP contribution in [0, 0.1) is 0 Å². The average molecular weight is 363 g/mol. The van der Waals surface area contributed by atoms with E-state index >= 15 is 0 Å². The highest BCUT2D eigenvalue weighted by atomic mass is 19.3. The quantitative estimate of drug-likeness (QED) is 0.383. The zero-order chi connectivity index (χ0) is 18.8. The highest BCUT2D eigenvalue weighted by molar-refractivity contribution is 5.79. The first-order valence-corrected chi connectivity index (χ1v) is 8.33. The topological polar surface area (TPSA) is 65.9 Å². The van der Waals surface area contributed by atoms with Crippen LogP contribution in [0.3, 0.4) is 0 Å². The second kappa shape index (κ2) is 10.2. The SMILES string of the molecule is CN=C(NCCCc1ccc(O)cc1)NCc1ccccc1OC(F)F. The number of phenols is 1. The molecular formula is C19H23F2N3O2. The second-order valence-electron chi connectivity index (χ2n) is 5.61. The average Bonchev–Trinajstić information content (AvgIpc) is 2.63. The number of benzene rings is 2. The molecule has 0 aliphatic carbocycles. The van der Waals surface area contributed by atoms with Crippen LogP contribution < -0.4 is 15.4 Å². The summed E-state index contributed by atoms with van der Waals surface area (Å²) >= 11 is 0. The van der Waals surface area contributed by atoms with Crippen molar-refractivity contribution in [1.82, 2.24) is 10.6 Å². The van der Waals surface area contributed by atoms with Gasteiger partial charge in [0, 0.05) is 25.7 Å². The number of aliphatic imine (C=N–C) groups is 1. The fraction of sp³-hybridized carbons (Fsp3) is 0.316. The molecule has 0 amide bonds. The molecule has 2 aromatic rings. The molecule has 2 aromatic carbocycles. The van der Waals surface area contributed by atoms with Crippen molar-refractivity contribution in [1.29, 1.82) is 0 Å². The van der Waals surface area contributed by atoms with E-state index < -0.39 is 6.61 Å². The lowest BCUT2D eigenvalue weighted by Gasteiger charge is -2.14. The first-order valence-electron chi connectivity index (χ1n) is 8.33. The normalized spacial score (nSPS) is 11.5. The van der Waals surface area contributed by atoms with Gasteiger partial charge in [-0.05, 0) is 36.6 Å². The van der Waals surface area contributed by atoms with Crippen molar-refractivity contribution in [3.63, 3.8) is 0 Å². The fourth-order valence-electron chi connectivity index (χ4n) is 2.42. The molecule has 0 spiro atoms. The molecular weight excluding hydrogens is 340 g/mol. The maximum atomic E-state index is 12.4. The molecule has 140 valence electrons. The third-order valence-electron chi connectivity index (χ3n) is 3.73. The molecule has 0 heterocycles. The lowest BCUT2D eigenvalue weighted by Crippen LogP contribution is -2.37. The number of alkyl halides is 2. The second-order valence-corrected chi connectivity index (χ2v) is 5.61. The van der Waals surface area contributed by atoms with E-state index in [0.717, 1.165) is 18.4 Å². The number of hydrogen-bond acceptors (Lipinski definition) is 3. The number of nitrogens with zero attached hydrogens (tertiary/aromatic N) is 1. The zero-order valence-corrected chi connectivity index (χ0v) is 14.6. The molecule has 0 fully saturated rings. The van der Waals surface area contributed by atoms with Gasteiger partial charge in [0.2, 0.25) is 0 Å². The Morgan fingerprint density at radius 3 is 2.54 bits per heavy atom. The summed E-state index contributed by atoms with van der Waals surface area (Å²) in [6, 6.07) is 13.8. The largest absolute Gasteiger partial charge is 0.508 e. The van der Waals surface area contributed by atoms with Gasteiger partial charge < -0.3 is 20.5 Å². The van der Waals surface area contributed by atoms with Gasteiger partial charge in [0.15, 0.2) is 5.96 Å². The molecule has 7 heteroatoms. The molecule has 0 saturated carbocycles. The Hall–Kier alpha value is -2.83. The third-order valence-corrected chi connectivity index (χ3v) is 3.73. The van der Waals surface area contributed by atoms with Gasteiger partial charge in [0.25, 0.3) is 0 Å². The summed E-state index contributed by atoms with van der Waals surface area (Å²) in [7, 11) is 1.65. The van der Waals surface area contributed by atoms with Crippen molar-refractivity contribution in [2.24, 2.45) is 4.99 Å². The maximum absolute atomic E-state index is 12.4. The van der Waals surface area contributed by atoms with Crippen LogP contribution in [-0.4, -0.2) is 31.3 Å². The number of aryl methyl sites for hydroxylation is 1. The van der Waals surface area contributed by atoms with E-state index in [4.69, 9.17) is 0 Å². The monoisotopic (exact) mass is 363 g/mol. The van der Waals surface area contributed by atoms with Gasteiger partial charge in [-0.3, -0.25) is 4.99 Å². The van der Waals surface area contributed by atoms with E-state index in [0.29, 0.717) is 24.6 Å². The fourth-order valence-corrected chi connectivity index (χ4v) is 2.42. The van der Waals surface area contributed by atoms with Crippen LogP contribution in [0.1, 0.15) is 17.5 Å². The van der Waals surface area contributed by atoms with Crippen molar-refractivity contribution in [3.05, 3.63) is 59.7 Å². The van der Waals surface area contributed by atoms with E-state index in [9.17, 15) is 13.9 Å². The van der Waals surface area contributed by atoms with Crippen LogP contribution in [0.4, 0.5) is 8.78 Å². The molecule has 2 rings (SSSR count). The minimum Gasteiger partial charge on any atom is -0.508 e. The van der Waals surface area contributed by atoms with Crippen molar-refractivity contribution < 1.29 is 18.6 Å². The highest BCUT2D eigenvalue weighted by Crippen LogP contribution is 2.19. The van der Waals surface area contributed by atoms with Crippen LogP contribution in [0.25, 0.3) is 0 Å². The molecule has 0 atom stereocenters. The minimum atomic E-state index is -2.85. The van der Waals surface area contributed by atoms with Crippen molar-refractivity contribution in [3.8, 4) is 11.5 Å². The number of hydrogen-bond donors (Lipinski definition) is 3. The summed E-state index contributed by atoms with van der Waals surface area (Å²) in [5, 5.41) is 15.5. The number of aromatic hydroxyl groups is 1. The minimum absolute atomic E-state index is 0.151. The summed E-state index contributed by atoms with van der Waals surface area (Å²) < 4.78 is 29.4. The van der Waals surface area contributed by atoms with Crippen molar-refractivity contribution in [2.75, 3.05) is 13.6 Å². The Labute approximate surface area is 151 Å². The van der Waals surface area contributed by atoms with E-state index in [1.807, 2.05) is 12.1 Å². The van der Waals surface area contributed by atoms with Gasteiger partial charge in [0.1, 0.15) is 11.5 Å². The third kappa shape index (κ3) is 6.58. The van der Waals surface area contributed by atoms with Gasteiger partial charge in [-0.2, -0.15) is 8.78 Å². The van der Waals surface area contributed by atoms with Gasteiger partial charge in [-0.15, -0.1) is 0 Å². The Morgan fingerprint density at radius 1 is 1.12 bits per heavy atom. The lowest BCUT2D eigenvalue weighted by molar-refractivity contribution is -0.0504. The number of guanidine groups is 1. The number of nitrogens with one attached hydrogen (secondary N) is 2. The molecule has 0 radical (unpaired) electrons. The molecule has 0 aliphatic rings. The molecule has 26 heavy (non-hydrogen) atoms. The molecule has 0 unspecified atom stereocenters. The predicted octanol–water partition coefficient (Wildman–Crippen LogP) is 3.29. The van der Waals surface area contributed by atoms with E-state index in [1.165, 1.54) is 6.07 Å². The number of phenolic OH excluding ortho intramolecular Hbond substituents is 1. The summed E-state index contributed by atoms with van der Waals surface area (Å²) in [6.45, 7) is -1.83. The number of para-hydroxylation sites is 1. The molecule has 3 N–H and O–H groups in total. The predicted molar refractivity (Wildman–Crippen MR) is 97.7 cm³/mol. The van der Waals surface area contributed by atoms with Crippen molar-refractivity contribution in [2.45, 2.75) is 26.0 Å². The Bertz CT molecular complexity index is 706. The number of ether oxygens (including phenoxy) is 1.